The molecule has 1 heterocycles. The van der Waals surface area contributed by atoms with Gasteiger partial charge in [0.15, 0.2) is 0 Å². The monoisotopic (exact) mass is 339 g/mol. The maximum absolute atomic E-state index is 12.7. The molecule has 0 unspecified atom stereocenters. The largest absolute Gasteiger partial charge is 0.416 e. The first kappa shape index (κ1) is 17.7. The van der Waals surface area contributed by atoms with Crippen LogP contribution < -0.4 is 10.6 Å². The summed E-state index contributed by atoms with van der Waals surface area (Å²) in [6.07, 6.45) is -3.12. The Hall–Kier alpha value is -2.61. The summed E-state index contributed by atoms with van der Waals surface area (Å²) in [7, 11) is 1.58. The van der Waals surface area contributed by atoms with Crippen LogP contribution in [0.1, 0.15) is 15.9 Å². The number of hydrogen-bond acceptors (Lipinski definition) is 4. The number of anilines is 2. The number of methoxy groups -OCH3 is 1. The van der Waals surface area contributed by atoms with Crippen LogP contribution in [0.2, 0.25) is 0 Å². The van der Waals surface area contributed by atoms with Gasteiger partial charge in [-0.3, -0.25) is 4.79 Å². The first-order valence-electron chi connectivity index (χ1n) is 7.07. The van der Waals surface area contributed by atoms with Gasteiger partial charge in [0.2, 0.25) is 0 Å². The zero-order valence-electron chi connectivity index (χ0n) is 12.9. The zero-order chi connectivity index (χ0) is 17.6. The van der Waals surface area contributed by atoms with Crippen molar-refractivity contribution in [3.8, 4) is 0 Å². The number of aromatic nitrogens is 1. The molecule has 5 nitrogen and oxygen atoms in total. The van der Waals surface area contributed by atoms with Crippen molar-refractivity contribution in [3.63, 3.8) is 0 Å². The van der Waals surface area contributed by atoms with Gasteiger partial charge in [0.1, 0.15) is 5.82 Å². The van der Waals surface area contributed by atoms with E-state index in [4.69, 9.17) is 4.74 Å². The first-order chi connectivity index (χ1) is 11.4. The number of nitrogens with one attached hydrogen (secondary N) is 2. The molecule has 24 heavy (non-hydrogen) atoms. The number of amides is 1. The normalized spacial score (nSPS) is 11.2. The fourth-order valence-electron chi connectivity index (χ4n) is 1.89. The number of halogens is 3. The van der Waals surface area contributed by atoms with Crippen molar-refractivity contribution in [2.75, 3.05) is 30.9 Å². The lowest BCUT2D eigenvalue weighted by molar-refractivity contribution is -0.137. The second-order valence-electron chi connectivity index (χ2n) is 4.88. The molecule has 0 atom stereocenters. The van der Waals surface area contributed by atoms with Crippen molar-refractivity contribution < 1.29 is 22.7 Å². The smallest absolute Gasteiger partial charge is 0.383 e. The molecule has 0 aliphatic rings. The van der Waals surface area contributed by atoms with Gasteiger partial charge in [-0.05, 0) is 30.3 Å². The van der Waals surface area contributed by atoms with Gasteiger partial charge in [0.05, 0.1) is 17.7 Å². The summed E-state index contributed by atoms with van der Waals surface area (Å²) in [4.78, 5) is 16.1. The number of rotatable bonds is 6. The molecule has 0 spiro atoms. The number of nitrogens with zero attached hydrogens (tertiary/aromatic N) is 1. The molecular formula is C16H16F3N3O2. The van der Waals surface area contributed by atoms with E-state index >= 15 is 0 Å². The minimum Gasteiger partial charge on any atom is -0.383 e. The molecule has 0 aliphatic heterocycles. The lowest BCUT2D eigenvalue weighted by Gasteiger charge is -2.10. The van der Waals surface area contributed by atoms with Crippen molar-refractivity contribution >= 4 is 17.4 Å². The van der Waals surface area contributed by atoms with Crippen LogP contribution in [0.5, 0.6) is 0 Å². The Balaban J connectivity index is 2.02. The molecule has 2 aromatic rings. The fourth-order valence-corrected chi connectivity index (χ4v) is 1.89. The number of pyridine rings is 1. The zero-order valence-corrected chi connectivity index (χ0v) is 12.9. The number of carbonyl (C=O) groups excluding carboxylic acids is 1. The summed E-state index contributed by atoms with van der Waals surface area (Å²) in [5.74, 6) is 0.0351. The average molecular weight is 339 g/mol. The van der Waals surface area contributed by atoms with E-state index in [1.165, 1.54) is 24.4 Å². The molecule has 0 saturated heterocycles. The molecule has 1 aromatic carbocycles. The minimum absolute atomic E-state index is 0.0668. The molecule has 0 fully saturated rings. The van der Waals surface area contributed by atoms with Crippen LogP contribution >= 0.6 is 0 Å². The molecule has 8 heteroatoms. The first-order valence-corrected chi connectivity index (χ1v) is 7.07. The third-order valence-electron chi connectivity index (χ3n) is 3.09. The Labute approximate surface area is 136 Å². The molecule has 1 aromatic heterocycles. The standard InChI is InChI=1S/C16H16F3N3O2/c1-24-8-7-20-14-6-5-11(10-21-14)15(23)22-13-4-2-3-12(9-13)16(17,18)19/h2-6,9-10H,7-8H2,1H3,(H,20,21)(H,22,23). The maximum atomic E-state index is 12.7. The van der Waals surface area contributed by atoms with Crippen molar-refractivity contribution in [1.29, 1.82) is 0 Å². The molecule has 2 N–H and O–H groups in total. The predicted molar refractivity (Wildman–Crippen MR) is 84.0 cm³/mol. The highest BCUT2D eigenvalue weighted by molar-refractivity contribution is 6.04. The Bertz CT molecular complexity index is 688. The van der Waals surface area contributed by atoms with Gasteiger partial charge < -0.3 is 15.4 Å². The number of hydrogen-bond donors (Lipinski definition) is 2. The third kappa shape index (κ3) is 4.95. The van der Waals surface area contributed by atoms with E-state index in [1.807, 2.05) is 0 Å². The van der Waals surface area contributed by atoms with Gasteiger partial charge in [-0.1, -0.05) is 6.07 Å². The second-order valence-corrected chi connectivity index (χ2v) is 4.88. The van der Waals surface area contributed by atoms with E-state index < -0.39 is 17.6 Å². The van der Waals surface area contributed by atoms with Crippen LogP contribution in [0.15, 0.2) is 42.6 Å². The molecule has 0 saturated carbocycles. The highest BCUT2D eigenvalue weighted by Gasteiger charge is 2.30. The summed E-state index contributed by atoms with van der Waals surface area (Å²) in [5.41, 5.74) is -0.516. The summed E-state index contributed by atoms with van der Waals surface area (Å²) in [6.45, 7) is 1.08. The quantitative estimate of drug-likeness (QED) is 0.792. The Morgan fingerprint density at radius 3 is 2.67 bits per heavy atom. The predicted octanol–water partition coefficient (Wildman–Crippen LogP) is 3.41. The summed E-state index contributed by atoms with van der Waals surface area (Å²) in [5, 5.41) is 5.42. The second kappa shape index (κ2) is 7.78. The lowest BCUT2D eigenvalue weighted by Crippen LogP contribution is -2.14. The van der Waals surface area contributed by atoms with Crippen LogP contribution in [-0.4, -0.2) is 31.2 Å². The molecule has 0 bridgehead atoms. The fraction of sp³-hybridized carbons (Fsp3) is 0.250. The van der Waals surface area contributed by atoms with E-state index in [1.54, 1.807) is 13.2 Å². The van der Waals surface area contributed by atoms with Crippen molar-refractivity contribution in [3.05, 3.63) is 53.7 Å². The lowest BCUT2D eigenvalue weighted by atomic mass is 10.2. The van der Waals surface area contributed by atoms with E-state index in [2.05, 4.69) is 15.6 Å². The van der Waals surface area contributed by atoms with Gasteiger partial charge >= 0.3 is 6.18 Å². The molecule has 128 valence electrons. The molecule has 1 amide bonds. The highest BCUT2D eigenvalue weighted by Crippen LogP contribution is 2.30. The van der Waals surface area contributed by atoms with Crippen LogP contribution in [0.25, 0.3) is 0 Å². The summed E-state index contributed by atoms with van der Waals surface area (Å²) in [6, 6.07) is 7.59. The van der Waals surface area contributed by atoms with E-state index in [9.17, 15) is 18.0 Å². The number of benzene rings is 1. The van der Waals surface area contributed by atoms with E-state index in [0.717, 1.165) is 12.1 Å². The van der Waals surface area contributed by atoms with Gasteiger partial charge in [-0.25, -0.2) is 4.98 Å². The SMILES string of the molecule is COCCNc1ccc(C(=O)Nc2cccc(C(F)(F)F)c2)cn1. The molecular weight excluding hydrogens is 323 g/mol. The third-order valence-corrected chi connectivity index (χ3v) is 3.09. The van der Waals surface area contributed by atoms with Gasteiger partial charge in [-0.2, -0.15) is 13.2 Å². The van der Waals surface area contributed by atoms with Crippen LogP contribution in [0.4, 0.5) is 24.7 Å². The van der Waals surface area contributed by atoms with Crippen LogP contribution in [0.3, 0.4) is 0 Å². The van der Waals surface area contributed by atoms with Crippen molar-refractivity contribution in [2.24, 2.45) is 0 Å². The Kier molecular flexibility index (Phi) is 5.75. The average Bonchev–Trinajstić information content (AvgIpc) is 2.55. The molecule has 0 aliphatic carbocycles. The van der Waals surface area contributed by atoms with Crippen molar-refractivity contribution in [1.82, 2.24) is 4.98 Å². The highest BCUT2D eigenvalue weighted by atomic mass is 19.4. The van der Waals surface area contributed by atoms with E-state index in [0.29, 0.717) is 19.0 Å². The number of carbonyl (C=O) groups is 1. The van der Waals surface area contributed by atoms with Crippen LogP contribution in [0, 0.1) is 0 Å². The summed E-state index contributed by atoms with van der Waals surface area (Å²) >= 11 is 0. The summed E-state index contributed by atoms with van der Waals surface area (Å²) < 4.78 is 42.9. The van der Waals surface area contributed by atoms with Crippen molar-refractivity contribution in [2.45, 2.75) is 6.18 Å². The van der Waals surface area contributed by atoms with Crippen LogP contribution in [-0.2, 0) is 10.9 Å². The van der Waals surface area contributed by atoms with Gasteiger partial charge in [-0.15, -0.1) is 0 Å². The minimum atomic E-state index is -4.46. The number of ether oxygens (including phenoxy) is 1. The topological polar surface area (TPSA) is 63.2 Å². The molecule has 2 rings (SSSR count). The number of alkyl halides is 3. The van der Waals surface area contributed by atoms with Gasteiger partial charge in [0.25, 0.3) is 5.91 Å². The Morgan fingerprint density at radius 1 is 1.25 bits per heavy atom. The maximum Gasteiger partial charge on any atom is 0.416 e. The van der Waals surface area contributed by atoms with Gasteiger partial charge in [0, 0.05) is 25.5 Å². The van der Waals surface area contributed by atoms with E-state index in [-0.39, 0.29) is 11.3 Å². The molecule has 0 radical (unpaired) electrons. The Morgan fingerprint density at radius 2 is 2.04 bits per heavy atom.